The Morgan fingerprint density at radius 3 is 2.86 bits per heavy atom. The van der Waals surface area contributed by atoms with Crippen LogP contribution in [0.25, 0.3) is 0 Å². The number of nitrogens with zero attached hydrogens (tertiary/aromatic N) is 2. The first-order chi connectivity index (χ1) is 14.1. The highest BCUT2D eigenvalue weighted by Crippen LogP contribution is 2.56. The van der Waals surface area contributed by atoms with E-state index in [1.165, 1.54) is 16.7 Å². The fourth-order valence-electron chi connectivity index (χ4n) is 6.00. The van der Waals surface area contributed by atoms with E-state index in [4.69, 9.17) is 4.74 Å². The zero-order chi connectivity index (χ0) is 20.0. The monoisotopic (exact) mass is 390 g/mol. The van der Waals surface area contributed by atoms with Crippen molar-refractivity contribution >= 4 is 5.91 Å². The molecule has 3 aliphatic rings. The van der Waals surface area contributed by atoms with Crippen LogP contribution in [-0.4, -0.2) is 40.9 Å². The number of aryl methyl sites for hydroxylation is 1. The van der Waals surface area contributed by atoms with Crippen LogP contribution in [-0.2, 0) is 11.3 Å². The minimum Gasteiger partial charge on any atom is -0.494 e. The summed E-state index contributed by atoms with van der Waals surface area (Å²) >= 11 is 0. The van der Waals surface area contributed by atoms with Gasteiger partial charge in [0.15, 0.2) is 0 Å². The molecule has 0 bridgehead atoms. The lowest BCUT2D eigenvalue weighted by Gasteiger charge is -2.34. The average molecular weight is 391 g/mol. The number of carbonyl (C=O) groups is 1. The van der Waals surface area contributed by atoms with Crippen molar-refractivity contribution in [1.29, 1.82) is 0 Å². The van der Waals surface area contributed by atoms with Crippen molar-refractivity contribution in [2.24, 2.45) is 5.92 Å². The summed E-state index contributed by atoms with van der Waals surface area (Å²) in [4.78, 5) is 18.4. The van der Waals surface area contributed by atoms with Gasteiger partial charge in [-0.2, -0.15) is 0 Å². The maximum Gasteiger partial charge on any atom is 0.243 e. The molecule has 0 radical (unpaired) electrons. The fraction of sp³-hybridized carbons (Fsp3) is 0.480. The minimum atomic E-state index is -0.283. The summed E-state index contributed by atoms with van der Waals surface area (Å²) in [5.74, 6) is 1.71. The predicted molar refractivity (Wildman–Crippen MR) is 114 cm³/mol. The molecule has 2 aromatic rings. The minimum absolute atomic E-state index is 0.283. The third kappa shape index (κ3) is 2.88. The predicted octanol–water partition coefficient (Wildman–Crippen LogP) is 4.33. The number of hydrogen-bond acceptors (Lipinski definition) is 3. The van der Waals surface area contributed by atoms with Gasteiger partial charge in [-0.15, -0.1) is 0 Å². The van der Waals surface area contributed by atoms with Gasteiger partial charge in [-0.25, -0.2) is 0 Å². The zero-order valence-electron chi connectivity index (χ0n) is 17.4. The molecule has 152 valence electrons. The molecule has 4 heteroatoms. The molecule has 4 nitrogen and oxygen atoms in total. The van der Waals surface area contributed by atoms with Crippen LogP contribution in [0.15, 0.2) is 48.5 Å². The highest BCUT2D eigenvalue weighted by molar-refractivity contribution is 5.90. The number of rotatable bonds is 5. The van der Waals surface area contributed by atoms with E-state index in [0.29, 0.717) is 24.5 Å². The van der Waals surface area contributed by atoms with Crippen LogP contribution in [0.1, 0.15) is 48.9 Å². The number of hydrogen-bond donors (Lipinski definition) is 0. The van der Waals surface area contributed by atoms with E-state index in [2.05, 4.69) is 59.2 Å². The molecule has 1 amide bonds. The Hall–Kier alpha value is -2.33. The lowest BCUT2D eigenvalue weighted by atomic mass is 9.85. The average Bonchev–Trinajstić information content (AvgIpc) is 3.35. The van der Waals surface area contributed by atoms with Crippen LogP contribution in [0, 0.1) is 12.8 Å². The van der Waals surface area contributed by atoms with E-state index in [9.17, 15) is 4.79 Å². The summed E-state index contributed by atoms with van der Waals surface area (Å²) in [6.07, 6.45) is 3.18. The molecule has 5 rings (SSSR count). The largest absolute Gasteiger partial charge is 0.494 e. The van der Waals surface area contributed by atoms with Gasteiger partial charge in [0.2, 0.25) is 5.91 Å². The van der Waals surface area contributed by atoms with Crippen molar-refractivity contribution in [3.8, 4) is 5.75 Å². The van der Waals surface area contributed by atoms with E-state index < -0.39 is 0 Å². The van der Waals surface area contributed by atoms with Crippen molar-refractivity contribution in [1.82, 2.24) is 9.80 Å². The standard InChI is InChI=1S/C25H30N2O2/c1-3-29-22-11-6-10-19(14-22)23-15-21-17-26(16-20-9-5-4-8-18(20)2)24(28)25(21)12-7-13-27(23)25/h4-6,8-11,14,21,23H,3,7,12-13,15-17H2,1-2H3/t21-,23-,25-/m0/s1. The van der Waals surface area contributed by atoms with Crippen LogP contribution in [0.2, 0.25) is 0 Å². The second-order valence-electron chi connectivity index (χ2n) is 8.79. The maximum atomic E-state index is 13.7. The molecule has 3 heterocycles. The van der Waals surface area contributed by atoms with Gasteiger partial charge >= 0.3 is 0 Å². The Labute approximate surface area is 173 Å². The maximum absolute atomic E-state index is 13.7. The lowest BCUT2D eigenvalue weighted by molar-refractivity contribution is -0.137. The van der Waals surface area contributed by atoms with Crippen molar-refractivity contribution in [2.45, 2.75) is 51.2 Å². The molecular weight excluding hydrogens is 360 g/mol. The molecule has 3 fully saturated rings. The molecule has 0 aromatic heterocycles. The van der Waals surface area contributed by atoms with E-state index in [-0.39, 0.29) is 5.54 Å². The first kappa shape index (κ1) is 18.7. The summed E-state index contributed by atoms with van der Waals surface area (Å²) in [6, 6.07) is 17.3. The van der Waals surface area contributed by atoms with Gasteiger partial charge in [0.05, 0.1) is 6.61 Å². The Kier molecular flexibility index (Phi) is 4.62. The summed E-state index contributed by atoms with van der Waals surface area (Å²) in [5, 5.41) is 0. The van der Waals surface area contributed by atoms with Gasteiger partial charge in [0, 0.05) is 25.0 Å². The van der Waals surface area contributed by atoms with Crippen LogP contribution in [0.3, 0.4) is 0 Å². The topological polar surface area (TPSA) is 32.8 Å². The van der Waals surface area contributed by atoms with Gasteiger partial charge < -0.3 is 9.64 Å². The Bertz CT molecular complexity index is 927. The molecule has 0 aliphatic carbocycles. The number of benzene rings is 2. The van der Waals surface area contributed by atoms with Gasteiger partial charge in [0.25, 0.3) is 0 Å². The molecule has 1 spiro atoms. The van der Waals surface area contributed by atoms with Gasteiger partial charge in [-0.3, -0.25) is 9.69 Å². The molecule has 29 heavy (non-hydrogen) atoms. The Balaban J connectivity index is 1.41. The fourth-order valence-corrected chi connectivity index (χ4v) is 6.00. The van der Waals surface area contributed by atoms with Crippen LogP contribution in [0.5, 0.6) is 5.75 Å². The lowest BCUT2D eigenvalue weighted by Crippen LogP contribution is -2.49. The smallest absolute Gasteiger partial charge is 0.243 e. The van der Waals surface area contributed by atoms with Gasteiger partial charge in [-0.1, -0.05) is 36.4 Å². The third-order valence-electron chi connectivity index (χ3n) is 7.30. The van der Waals surface area contributed by atoms with E-state index in [1.54, 1.807) is 0 Å². The molecule has 3 aliphatic heterocycles. The second kappa shape index (κ2) is 7.17. The van der Waals surface area contributed by atoms with Crippen LogP contribution < -0.4 is 4.74 Å². The van der Waals surface area contributed by atoms with Crippen molar-refractivity contribution in [3.63, 3.8) is 0 Å². The molecule has 3 saturated heterocycles. The van der Waals surface area contributed by atoms with Gasteiger partial charge in [0.1, 0.15) is 11.3 Å². The zero-order valence-corrected chi connectivity index (χ0v) is 17.4. The number of carbonyl (C=O) groups excluding carboxylic acids is 1. The molecule has 3 atom stereocenters. The number of amides is 1. The first-order valence-electron chi connectivity index (χ1n) is 11.0. The van der Waals surface area contributed by atoms with E-state index >= 15 is 0 Å². The second-order valence-corrected chi connectivity index (χ2v) is 8.79. The summed E-state index contributed by atoms with van der Waals surface area (Å²) in [5.41, 5.74) is 3.55. The Morgan fingerprint density at radius 2 is 2.03 bits per heavy atom. The quantitative estimate of drug-likeness (QED) is 0.762. The normalized spacial score (nSPS) is 28.6. The Morgan fingerprint density at radius 1 is 1.17 bits per heavy atom. The highest BCUT2D eigenvalue weighted by Gasteiger charge is 2.65. The molecule has 0 N–H and O–H groups in total. The summed E-state index contributed by atoms with van der Waals surface area (Å²) in [6.45, 7) is 7.47. The van der Waals surface area contributed by atoms with Crippen LogP contribution >= 0.6 is 0 Å². The molecule has 0 saturated carbocycles. The van der Waals surface area contributed by atoms with Crippen molar-refractivity contribution in [2.75, 3.05) is 19.7 Å². The third-order valence-corrected chi connectivity index (χ3v) is 7.30. The van der Waals surface area contributed by atoms with Crippen molar-refractivity contribution < 1.29 is 9.53 Å². The molecule has 2 aromatic carbocycles. The summed E-state index contributed by atoms with van der Waals surface area (Å²) < 4.78 is 5.73. The van der Waals surface area contributed by atoms with E-state index in [1.807, 2.05) is 13.0 Å². The van der Waals surface area contributed by atoms with Gasteiger partial charge in [-0.05, 0) is 68.5 Å². The van der Waals surface area contributed by atoms with Crippen LogP contribution in [0.4, 0.5) is 0 Å². The molecule has 0 unspecified atom stereocenters. The SMILES string of the molecule is CCOc1cccc([C@@H]2C[C@H]3CN(Cc4ccccc4C)C(=O)[C@]34CCCN24)c1. The number of ether oxygens (including phenoxy) is 1. The van der Waals surface area contributed by atoms with E-state index in [0.717, 1.165) is 44.6 Å². The first-order valence-corrected chi connectivity index (χ1v) is 11.0. The molecular formula is C25H30N2O2. The number of likely N-dealkylation sites (tertiary alicyclic amines) is 1. The van der Waals surface area contributed by atoms with Crippen molar-refractivity contribution in [3.05, 3.63) is 65.2 Å². The summed E-state index contributed by atoms with van der Waals surface area (Å²) in [7, 11) is 0. The highest BCUT2D eigenvalue weighted by atomic mass is 16.5.